The quantitative estimate of drug-likeness (QED) is 0.855. The van der Waals surface area contributed by atoms with Crippen LogP contribution < -0.4 is 15.8 Å². The van der Waals surface area contributed by atoms with Crippen molar-refractivity contribution in [2.75, 3.05) is 18.2 Å². The van der Waals surface area contributed by atoms with E-state index in [9.17, 15) is 0 Å². The molecule has 0 spiro atoms. The third-order valence-electron chi connectivity index (χ3n) is 3.82. The van der Waals surface area contributed by atoms with Crippen LogP contribution in [0.1, 0.15) is 45.4 Å². The molecule has 0 aromatic carbocycles. The first-order valence-corrected chi connectivity index (χ1v) is 7.16. The van der Waals surface area contributed by atoms with Gasteiger partial charge in [0.15, 0.2) is 0 Å². The number of nitrogen functional groups attached to an aromatic ring is 1. The van der Waals surface area contributed by atoms with E-state index in [4.69, 9.17) is 10.5 Å². The highest BCUT2D eigenvalue weighted by Gasteiger charge is 2.20. The molecule has 0 aliphatic heterocycles. The zero-order valence-corrected chi connectivity index (χ0v) is 11.9. The molecule has 0 amide bonds. The lowest BCUT2D eigenvalue weighted by atomic mass is 9.83. The van der Waals surface area contributed by atoms with Crippen LogP contribution in [0.3, 0.4) is 0 Å². The van der Waals surface area contributed by atoms with Crippen LogP contribution in [0.4, 0.5) is 11.8 Å². The van der Waals surface area contributed by atoms with Crippen LogP contribution in [-0.4, -0.2) is 23.1 Å². The first-order chi connectivity index (χ1) is 9.21. The molecule has 0 atom stereocenters. The predicted molar refractivity (Wildman–Crippen MR) is 77.3 cm³/mol. The number of rotatable bonds is 5. The monoisotopic (exact) mass is 264 g/mol. The third kappa shape index (κ3) is 3.98. The lowest BCUT2D eigenvalue weighted by molar-refractivity contribution is 0.318. The van der Waals surface area contributed by atoms with Crippen molar-refractivity contribution in [2.45, 2.75) is 51.5 Å². The maximum absolute atomic E-state index is 5.66. The summed E-state index contributed by atoms with van der Waals surface area (Å²) in [6, 6.07) is 2.29. The van der Waals surface area contributed by atoms with Crippen LogP contribution in [-0.2, 0) is 0 Å². The smallest absolute Gasteiger partial charge is 0.225 e. The fourth-order valence-corrected chi connectivity index (χ4v) is 2.83. The van der Waals surface area contributed by atoms with Crippen molar-refractivity contribution in [3.8, 4) is 5.88 Å². The van der Waals surface area contributed by atoms with Crippen molar-refractivity contribution < 1.29 is 4.74 Å². The van der Waals surface area contributed by atoms with E-state index < -0.39 is 0 Å². The van der Waals surface area contributed by atoms with E-state index in [0.717, 1.165) is 11.7 Å². The average molecular weight is 264 g/mol. The number of ether oxygens (including phenoxy) is 1. The Bertz CT molecular complexity index is 402. The van der Waals surface area contributed by atoms with E-state index in [2.05, 4.69) is 22.2 Å². The van der Waals surface area contributed by atoms with Gasteiger partial charge in [-0.1, -0.05) is 19.8 Å². The molecule has 1 fully saturated rings. The van der Waals surface area contributed by atoms with Gasteiger partial charge in [0, 0.05) is 12.1 Å². The van der Waals surface area contributed by atoms with E-state index >= 15 is 0 Å². The Morgan fingerprint density at radius 3 is 2.68 bits per heavy atom. The molecule has 0 bridgehead atoms. The number of methoxy groups -OCH3 is 1. The zero-order valence-electron chi connectivity index (χ0n) is 11.9. The summed E-state index contributed by atoms with van der Waals surface area (Å²) >= 11 is 0. The molecule has 2 rings (SSSR count). The van der Waals surface area contributed by atoms with Crippen LogP contribution in [0.25, 0.3) is 0 Å². The number of nitrogens with two attached hydrogens (primary N) is 1. The summed E-state index contributed by atoms with van der Waals surface area (Å²) < 4.78 is 5.10. The number of hydrogen-bond acceptors (Lipinski definition) is 5. The van der Waals surface area contributed by atoms with Crippen LogP contribution in [0.2, 0.25) is 0 Å². The van der Waals surface area contributed by atoms with E-state index in [1.54, 1.807) is 13.2 Å². The number of nitrogens with zero attached hydrogens (tertiary/aromatic N) is 2. The van der Waals surface area contributed by atoms with Gasteiger partial charge in [-0.05, 0) is 31.6 Å². The summed E-state index contributed by atoms with van der Waals surface area (Å²) in [7, 11) is 1.58. The summed E-state index contributed by atoms with van der Waals surface area (Å²) in [4.78, 5) is 8.19. The lowest BCUT2D eigenvalue weighted by Crippen LogP contribution is -2.26. The highest BCUT2D eigenvalue weighted by Crippen LogP contribution is 2.29. The number of nitrogens with one attached hydrogen (secondary N) is 1. The normalized spacial score (nSPS) is 23.1. The fourth-order valence-electron chi connectivity index (χ4n) is 2.83. The highest BCUT2D eigenvalue weighted by molar-refractivity contribution is 5.43. The lowest BCUT2D eigenvalue weighted by Gasteiger charge is -2.29. The summed E-state index contributed by atoms with van der Waals surface area (Å²) in [5.41, 5.74) is 5.66. The van der Waals surface area contributed by atoms with Crippen LogP contribution in [0.15, 0.2) is 6.07 Å². The molecule has 1 heterocycles. The van der Waals surface area contributed by atoms with Gasteiger partial charge in [0.2, 0.25) is 11.8 Å². The second kappa shape index (κ2) is 6.59. The predicted octanol–water partition coefficient (Wildman–Crippen LogP) is 2.84. The molecular weight excluding hydrogens is 240 g/mol. The molecule has 1 aromatic rings. The maximum atomic E-state index is 5.66. The van der Waals surface area contributed by atoms with Crippen LogP contribution in [0.5, 0.6) is 5.88 Å². The first-order valence-electron chi connectivity index (χ1n) is 7.16. The molecule has 106 valence electrons. The topological polar surface area (TPSA) is 73.1 Å². The number of aromatic nitrogens is 2. The second-order valence-corrected chi connectivity index (χ2v) is 5.30. The molecule has 0 saturated heterocycles. The Morgan fingerprint density at radius 1 is 1.32 bits per heavy atom. The molecule has 0 unspecified atom stereocenters. The number of hydrogen-bond donors (Lipinski definition) is 2. The Morgan fingerprint density at radius 2 is 2.05 bits per heavy atom. The molecule has 0 radical (unpaired) electrons. The molecule has 3 N–H and O–H groups in total. The molecule has 5 nitrogen and oxygen atoms in total. The largest absolute Gasteiger partial charge is 0.481 e. The molecule has 1 aliphatic rings. The fraction of sp³-hybridized carbons (Fsp3) is 0.714. The SMILES string of the molecule is CCCC1CCC(Nc2cc(OC)nc(N)n2)CC1. The van der Waals surface area contributed by atoms with Gasteiger partial charge in [-0.2, -0.15) is 9.97 Å². The summed E-state index contributed by atoms with van der Waals surface area (Å²) in [6.45, 7) is 2.26. The Labute approximate surface area is 115 Å². The minimum Gasteiger partial charge on any atom is -0.481 e. The van der Waals surface area contributed by atoms with Gasteiger partial charge in [-0.3, -0.25) is 0 Å². The van der Waals surface area contributed by atoms with Crippen molar-refractivity contribution in [3.05, 3.63) is 6.07 Å². The Hall–Kier alpha value is -1.52. The van der Waals surface area contributed by atoms with Crippen LogP contribution >= 0.6 is 0 Å². The van der Waals surface area contributed by atoms with Gasteiger partial charge in [-0.25, -0.2) is 0 Å². The van der Waals surface area contributed by atoms with Gasteiger partial charge in [0.1, 0.15) is 5.82 Å². The van der Waals surface area contributed by atoms with Crippen molar-refractivity contribution in [2.24, 2.45) is 5.92 Å². The average Bonchev–Trinajstić information content (AvgIpc) is 2.40. The standard InChI is InChI=1S/C14H24N4O/c1-3-4-10-5-7-11(8-6-10)16-12-9-13(19-2)18-14(15)17-12/h9-11H,3-8H2,1-2H3,(H3,15,16,17,18). The summed E-state index contributed by atoms with van der Waals surface area (Å²) in [5.74, 6) is 2.44. The van der Waals surface area contributed by atoms with Crippen molar-refractivity contribution in [3.63, 3.8) is 0 Å². The van der Waals surface area contributed by atoms with Crippen molar-refractivity contribution >= 4 is 11.8 Å². The third-order valence-corrected chi connectivity index (χ3v) is 3.82. The van der Waals surface area contributed by atoms with E-state index in [-0.39, 0.29) is 5.95 Å². The summed E-state index contributed by atoms with van der Waals surface area (Å²) in [6.07, 6.45) is 7.68. The minimum absolute atomic E-state index is 0.251. The van der Waals surface area contributed by atoms with Gasteiger partial charge < -0.3 is 15.8 Å². The maximum Gasteiger partial charge on any atom is 0.225 e. The minimum atomic E-state index is 0.251. The molecule has 5 heteroatoms. The van der Waals surface area contributed by atoms with Gasteiger partial charge in [-0.15, -0.1) is 0 Å². The molecular formula is C14H24N4O. The number of anilines is 2. The zero-order chi connectivity index (χ0) is 13.7. The van der Waals surface area contributed by atoms with Gasteiger partial charge in [0.25, 0.3) is 0 Å². The van der Waals surface area contributed by atoms with Gasteiger partial charge >= 0.3 is 0 Å². The molecule has 1 saturated carbocycles. The van der Waals surface area contributed by atoms with Crippen molar-refractivity contribution in [1.29, 1.82) is 0 Å². The summed E-state index contributed by atoms with van der Waals surface area (Å²) in [5, 5.41) is 3.45. The molecule has 1 aliphatic carbocycles. The second-order valence-electron chi connectivity index (χ2n) is 5.30. The van der Waals surface area contributed by atoms with Crippen molar-refractivity contribution in [1.82, 2.24) is 9.97 Å². The highest BCUT2D eigenvalue weighted by atomic mass is 16.5. The van der Waals surface area contributed by atoms with E-state index in [0.29, 0.717) is 11.9 Å². The van der Waals surface area contributed by atoms with E-state index in [1.807, 2.05) is 0 Å². The first kappa shape index (κ1) is 13.9. The Balaban J connectivity index is 1.90. The van der Waals surface area contributed by atoms with Gasteiger partial charge in [0.05, 0.1) is 7.11 Å². The van der Waals surface area contributed by atoms with E-state index in [1.165, 1.54) is 38.5 Å². The molecule has 19 heavy (non-hydrogen) atoms. The molecule has 1 aromatic heterocycles. The van der Waals surface area contributed by atoms with Crippen LogP contribution in [0, 0.1) is 5.92 Å². The Kier molecular flexibility index (Phi) is 4.82.